The monoisotopic (exact) mass is 526 g/mol. The van der Waals surface area contributed by atoms with E-state index in [0.717, 1.165) is 83.0 Å². The molecule has 1 aliphatic heterocycles. The number of aliphatic hydroxyl groups is 1. The predicted octanol–water partition coefficient (Wildman–Crippen LogP) is 5.33. The molecule has 4 saturated carbocycles. The second-order valence-corrected chi connectivity index (χ2v) is 13.8. The third-order valence-corrected chi connectivity index (χ3v) is 12.5. The normalized spacial score (nSPS) is 42.8. The van der Waals surface area contributed by atoms with Crippen LogP contribution in [0, 0.1) is 28.6 Å². The second-order valence-electron chi connectivity index (χ2n) is 13.8. The molecule has 7 nitrogen and oxygen atoms in total. The zero-order chi connectivity index (χ0) is 26.7. The Morgan fingerprint density at radius 3 is 2.55 bits per heavy atom. The highest BCUT2D eigenvalue weighted by Crippen LogP contribution is 2.70. The molecule has 2 heterocycles. The zero-order valence-electron chi connectivity index (χ0n) is 23.2. The predicted molar refractivity (Wildman–Crippen MR) is 145 cm³/mol. The Balaban J connectivity index is 1.18. The van der Waals surface area contributed by atoms with E-state index < -0.39 is 11.7 Å². The fraction of sp³-hybridized carbons (Fsp3) is 0.806. The third kappa shape index (κ3) is 4.06. The maximum atomic E-state index is 12.5. The average Bonchev–Trinajstić information content (AvgIpc) is 3.50. The van der Waals surface area contributed by atoms with E-state index in [1.54, 1.807) is 11.2 Å². The van der Waals surface area contributed by atoms with Crippen molar-refractivity contribution in [2.24, 2.45) is 28.6 Å². The first kappa shape index (κ1) is 26.4. The Morgan fingerprint density at radius 1 is 1.05 bits per heavy atom. The van der Waals surface area contributed by atoms with Crippen LogP contribution in [0.25, 0.3) is 0 Å². The first-order chi connectivity index (χ1) is 18.2. The Kier molecular flexibility index (Phi) is 6.70. The maximum Gasteiger partial charge on any atom is 0.407 e. The van der Waals surface area contributed by atoms with E-state index in [1.807, 2.05) is 6.07 Å². The van der Waals surface area contributed by atoms with E-state index in [1.165, 1.54) is 18.9 Å². The summed E-state index contributed by atoms with van der Waals surface area (Å²) in [6.45, 7) is 8.42. The van der Waals surface area contributed by atoms with E-state index >= 15 is 0 Å². The van der Waals surface area contributed by atoms with Gasteiger partial charge in [-0.1, -0.05) is 13.8 Å². The lowest BCUT2D eigenvalue weighted by molar-refractivity contribution is -0.203. The van der Waals surface area contributed by atoms with E-state index in [2.05, 4.69) is 18.7 Å². The lowest BCUT2D eigenvalue weighted by Gasteiger charge is -2.64. The molecule has 1 aromatic rings. The molecule has 1 saturated heterocycles. The molecule has 7 heteroatoms. The molecule has 38 heavy (non-hydrogen) atoms. The van der Waals surface area contributed by atoms with Gasteiger partial charge in [-0.2, -0.15) is 0 Å². The van der Waals surface area contributed by atoms with Crippen molar-refractivity contribution in [2.75, 3.05) is 26.2 Å². The molecule has 8 atom stereocenters. The molecule has 5 fully saturated rings. The molecule has 0 bridgehead atoms. The van der Waals surface area contributed by atoms with Crippen LogP contribution in [-0.2, 0) is 0 Å². The van der Waals surface area contributed by atoms with Gasteiger partial charge in [-0.15, -0.1) is 0 Å². The van der Waals surface area contributed by atoms with Crippen LogP contribution in [-0.4, -0.2) is 63.9 Å². The summed E-state index contributed by atoms with van der Waals surface area (Å²) in [4.78, 5) is 28.0. The maximum absolute atomic E-state index is 12.5. The first-order valence-electron chi connectivity index (χ1n) is 15.2. The highest BCUT2D eigenvalue weighted by molar-refractivity contribution is 5.65. The van der Waals surface area contributed by atoms with Gasteiger partial charge >= 0.3 is 11.7 Å². The van der Waals surface area contributed by atoms with Crippen molar-refractivity contribution < 1.29 is 19.4 Å². The quantitative estimate of drug-likeness (QED) is 0.539. The molecule has 4 aliphatic carbocycles. The lowest BCUT2D eigenvalue weighted by Crippen LogP contribution is -2.62. The molecule has 6 rings (SSSR count). The van der Waals surface area contributed by atoms with Gasteiger partial charge in [0.25, 0.3) is 0 Å². The van der Waals surface area contributed by atoms with E-state index in [4.69, 9.17) is 4.42 Å². The molecule has 1 amide bonds. The molecule has 1 aromatic heterocycles. The van der Waals surface area contributed by atoms with Gasteiger partial charge in [0.05, 0.1) is 11.9 Å². The van der Waals surface area contributed by atoms with Crippen LogP contribution in [0.5, 0.6) is 0 Å². The topological polar surface area (TPSA) is 94.2 Å². The van der Waals surface area contributed by atoms with Crippen molar-refractivity contribution in [3.8, 4) is 0 Å². The third-order valence-electron chi connectivity index (χ3n) is 12.5. The molecular weight excluding hydrogens is 480 g/mol. The van der Waals surface area contributed by atoms with Gasteiger partial charge in [0, 0.05) is 30.6 Å². The minimum atomic E-state index is -0.761. The Morgan fingerprint density at radius 2 is 1.84 bits per heavy atom. The molecule has 0 spiro atoms. The molecule has 0 aromatic carbocycles. The number of amides is 1. The van der Waals surface area contributed by atoms with Crippen molar-refractivity contribution in [3.05, 3.63) is 34.4 Å². The van der Waals surface area contributed by atoms with Crippen molar-refractivity contribution in [2.45, 2.75) is 102 Å². The standard InChI is InChI=1S/C31H46N2O5/c1-29-12-9-23(33(28(35)36)18-17-32-15-3-4-16-32)19-22(29)6-7-26-25(29)10-13-30(2)24(11-14-31(26,30)37)21-5-8-27(34)38-20-21/h5,8,20,22-26,37H,3-4,6-7,9-19H2,1-2H3,(H,35,36)/t22-,23+,24-,25+,26-,29+,30-,31+/m1/s1. The first-order valence-corrected chi connectivity index (χ1v) is 15.2. The summed E-state index contributed by atoms with van der Waals surface area (Å²) in [5.41, 5.74) is -0.0401. The number of nitrogens with zero attached hydrogens (tertiary/aromatic N) is 2. The van der Waals surface area contributed by atoms with Crippen LogP contribution in [0.4, 0.5) is 4.79 Å². The van der Waals surface area contributed by atoms with Gasteiger partial charge in [-0.05, 0) is 124 Å². The van der Waals surface area contributed by atoms with Crippen molar-refractivity contribution in [1.82, 2.24) is 9.80 Å². The Bertz CT molecular complexity index is 1080. The van der Waals surface area contributed by atoms with Crippen LogP contribution in [0.3, 0.4) is 0 Å². The van der Waals surface area contributed by atoms with Crippen LogP contribution < -0.4 is 5.63 Å². The summed E-state index contributed by atoms with van der Waals surface area (Å²) in [5, 5.41) is 22.6. The van der Waals surface area contributed by atoms with Gasteiger partial charge in [-0.3, -0.25) is 0 Å². The highest BCUT2D eigenvalue weighted by Gasteiger charge is 2.67. The summed E-state index contributed by atoms with van der Waals surface area (Å²) in [5.74, 6) is 1.49. The van der Waals surface area contributed by atoms with Gasteiger partial charge in [-0.25, -0.2) is 9.59 Å². The smallest absolute Gasteiger partial charge is 0.407 e. The Hall–Kier alpha value is -1.86. The molecule has 0 unspecified atom stereocenters. The Labute approximate surface area is 226 Å². The molecule has 210 valence electrons. The number of fused-ring (bicyclic) bond motifs is 5. The number of likely N-dealkylation sites (tertiary alicyclic amines) is 1. The molecule has 2 N–H and O–H groups in total. The molecule has 5 aliphatic rings. The summed E-state index contributed by atoms with van der Waals surface area (Å²) < 4.78 is 5.23. The minimum Gasteiger partial charge on any atom is -0.465 e. The lowest BCUT2D eigenvalue weighted by atomic mass is 9.43. The van der Waals surface area contributed by atoms with Crippen molar-refractivity contribution >= 4 is 6.09 Å². The second kappa shape index (κ2) is 9.65. The van der Waals surface area contributed by atoms with Gasteiger partial charge < -0.3 is 24.4 Å². The number of hydrogen-bond acceptors (Lipinski definition) is 5. The van der Waals surface area contributed by atoms with Gasteiger partial charge in [0.15, 0.2) is 0 Å². The SMILES string of the molecule is C[C@]12CC[C@H](N(CCN3CCCC3)C(=O)O)C[C@H]1CC[C@@H]1[C@@H]2CC[C@]2(C)[C@@H](c3ccc(=O)oc3)CC[C@]12O. The molecular formula is C31H46N2O5. The zero-order valence-corrected chi connectivity index (χ0v) is 23.2. The summed E-state index contributed by atoms with van der Waals surface area (Å²) in [6, 6.07) is 3.53. The van der Waals surface area contributed by atoms with Gasteiger partial charge in [0.2, 0.25) is 0 Å². The summed E-state index contributed by atoms with van der Waals surface area (Å²) >= 11 is 0. The number of hydrogen-bond donors (Lipinski definition) is 2. The van der Waals surface area contributed by atoms with Crippen LogP contribution in [0.1, 0.15) is 96.0 Å². The number of carboxylic acid groups (broad SMARTS) is 1. The fourth-order valence-electron chi connectivity index (χ4n) is 10.3. The van der Waals surface area contributed by atoms with Crippen LogP contribution >= 0.6 is 0 Å². The molecule has 0 radical (unpaired) electrons. The van der Waals surface area contributed by atoms with Crippen LogP contribution in [0.15, 0.2) is 27.6 Å². The average molecular weight is 527 g/mol. The highest BCUT2D eigenvalue weighted by atomic mass is 16.4. The number of rotatable bonds is 5. The van der Waals surface area contributed by atoms with E-state index in [0.29, 0.717) is 18.4 Å². The van der Waals surface area contributed by atoms with Crippen molar-refractivity contribution in [1.29, 1.82) is 0 Å². The van der Waals surface area contributed by atoms with Gasteiger partial charge in [0.1, 0.15) is 0 Å². The van der Waals surface area contributed by atoms with Crippen LogP contribution in [0.2, 0.25) is 0 Å². The van der Waals surface area contributed by atoms with Crippen molar-refractivity contribution in [3.63, 3.8) is 0 Å². The number of carbonyl (C=O) groups is 1. The summed E-state index contributed by atoms with van der Waals surface area (Å²) in [7, 11) is 0. The summed E-state index contributed by atoms with van der Waals surface area (Å²) in [6.07, 6.45) is 12.2. The fourth-order valence-corrected chi connectivity index (χ4v) is 10.3. The van der Waals surface area contributed by atoms with E-state index in [9.17, 15) is 19.8 Å². The largest absolute Gasteiger partial charge is 0.465 e. The minimum absolute atomic E-state index is 0.116. The van der Waals surface area contributed by atoms with E-state index in [-0.39, 0.29) is 34.3 Å².